The Bertz CT molecular complexity index is 1470. The summed E-state index contributed by atoms with van der Waals surface area (Å²) < 4.78 is 4.59. The molecule has 5 aromatic rings. The summed E-state index contributed by atoms with van der Waals surface area (Å²) in [7, 11) is 0. The fraction of sp³-hybridized carbons (Fsp3) is 0.115. The number of benzene rings is 3. The summed E-state index contributed by atoms with van der Waals surface area (Å²) in [6.45, 7) is 4.08. The first-order valence-corrected chi connectivity index (χ1v) is 11.3. The van der Waals surface area contributed by atoms with Gasteiger partial charge in [0.1, 0.15) is 11.6 Å². The number of nitrogens with zero attached hydrogens (tertiary/aromatic N) is 4. The minimum Gasteiger partial charge on any atom is -0.280 e. The van der Waals surface area contributed by atoms with Gasteiger partial charge in [-0.05, 0) is 43.3 Å². The van der Waals surface area contributed by atoms with Crippen molar-refractivity contribution in [3.63, 3.8) is 0 Å². The van der Waals surface area contributed by atoms with E-state index in [1.807, 2.05) is 97.3 Å². The molecule has 0 amide bonds. The predicted molar refractivity (Wildman–Crippen MR) is 132 cm³/mol. The second kappa shape index (κ2) is 8.20. The second-order valence-electron chi connectivity index (χ2n) is 7.64. The molecule has 5 nitrogen and oxygen atoms in total. The molecule has 0 saturated heterocycles. The van der Waals surface area contributed by atoms with E-state index in [4.69, 9.17) is 9.97 Å². The van der Waals surface area contributed by atoms with Crippen LogP contribution in [0.15, 0.2) is 88.1 Å². The number of hydrogen-bond donors (Lipinski definition) is 0. The Hall–Kier alpha value is -3.51. The Morgan fingerprint density at radius 1 is 0.812 bits per heavy atom. The quantitative estimate of drug-likeness (QED) is 0.320. The third-order valence-electron chi connectivity index (χ3n) is 5.48. The van der Waals surface area contributed by atoms with E-state index >= 15 is 0 Å². The highest BCUT2D eigenvalue weighted by Gasteiger charge is 2.21. The van der Waals surface area contributed by atoms with Gasteiger partial charge in [-0.2, -0.15) is 0 Å². The lowest BCUT2D eigenvalue weighted by molar-refractivity contribution is 0.900. The molecule has 2 heterocycles. The lowest BCUT2D eigenvalue weighted by atomic mass is 10.1. The summed E-state index contributed by atoms with van der Waals surface area (Å²) in [5, 5.41) is 0. The topological polar surface area (TPSA) is 52.7 Å². The van der Waals surface area contributed by atoms with Crippen LogP contribution in [0.4, 0.5) is 0 Å². The van der Waals surface area contributed by atoms with Gasteiger partial charge in [0.2, 0.25) is 0 Å². The molecule has 0 spiro atoms. The molecule has 0 bridgehead atoms. The molecule has 6 heteroatoms. The van der Waals surface area contributed by atoms with Gasteiger partial charge in [-0.3, -0.25) is 13.9 Å². The van der Waals surface area contributed by atoms with E-state index in [2.05, 4.69) is 15.9 Å². The van der Waals surface area contributed by atoms with Crippen LogP contribution in [0, 0.1) is 6.92 Å². The Morgan fingerprint density at radius 2 is 1.47 bits per heavy atom. The number of halogens is 1. The summed E-state index contributed by atoms with van der Waals surface area (Å²) in [6, 6.07) is 25.7. The van der Waals surface area contributed by atoms with Gasteiger partial charge >= 0.3 is 0 Å². The zero-order chi connectivity index (χ0) is 22.2. The number of fused-ring (bicyclic) bond motifs is 1. The van der Waals surface area contributed by atoms with E-state index in [-0.39, 0.29) is 5.56 Å². The molecular weight excluding hydrogens is 464 g/mol. The van der Waals surface area contributed by atoms with Crippen LogP contribution in [-0.4, -0.2) is 19.1 Å². The van der Waals surface area contributed by atoms with Crippen LogP contribution in [0.3, 0.4) is 0 Å². The molecule has 0 unspecified atom stereocenters. The molecular formula is C26H21BrN4O. The van der Waals surface area contributed by atoms with Crippen molar-refractivity contribution in [2.45, 2.75) is 20.3 Å². The summed E-state index contributed by atoms with van der Waals surface area (Å²) >= 11 is 3.48. The predicted octanol–water partition coefficient (Wildman–Crippen LogP) is 5.87. The van der Waals surface area contributed by atoms with Crippen molar-refractivity contribution in [1.82, 2.24) is 19.1 Å². The first-order valence-electron chi connectivity index (χ1n) is 10.5. The summed E-state index contributed by atoms with van der Waals surface area (Å²) in [5.74, 6) is 1.39. The van der Waals surface area contributed by atoms with Crippen molar-refractivity contribution >= 4 is 27.1 Å². The lowest BCUT2D eigenvalue weighted by Crippen LogP contribution is -2.22. The smallest absolute Gasteiger partial charge is 0.280 e. The van der Waals surface area contributed by atoms with Gasteiger partial charge in [0.15, 0.2) is 11.2 Å². The standard InChI is InChI=1S/C26H21BrN4O/c1-3-22-28-23-25(30(22)20-7-5-4-6-8-20)29-24(18-11-9-17(2)10-12-18)31(26(23)32)21-15-13-19(27)14-16-21/h4-16H,3H2,1-2H3. The van der Waals surface area contributed by atoms with Crippen LogP contribution < -0.4 is 5.56 Å². The van der Waals surface area contributed by atoms with Gasteiger partial charge in [0, 0.05) is 22.1 Å². The van der Waals surface area contributed by atoms with Crippen LogP contribution in [0.5, 0.6) is 0 Å². The van der Waals surface area contributed by atoms with Gasteiger partial charge in [-0.25, -0.2) is 9.97 Å². The molecule has 5 rings (SSSR count). The maximum absolute atomic E-state index is 13.8. The molecule has 0 aliphatic heterocycles. The first kappa shape index (κ1) is 20.4. The SMILES string of the molecule is CCc1nc2c(=O)n(-c3ccc(Br)cc3)c(-c3ccc(C)cc3)nc2n1-c1ccccc1. The van der Waals surface area contributed by atoms with Crippen molar-refractivity contribution < 1.29 is 0 Å². The summed E-state index contributed by atoms with van der Waals surface area (Å²) in [4.78, 5) is 23.6. The number of aromatic nitrogens is 4. The molecule has 2 aromatic heterocycles. The number of para-hydroxylation sites is 1. The van der Waals surface area contributed by atoms with Crippen molar-refractivity contribution in [1.29, 1.82) is 0 Å². The Kier molecular flexibility index (Phi) is 5.23. The number of hydrogen-bond acceptors (Lipinski definition) is 3. The minimum absolute atomic E-state index is 0.183. The third-order valence-corrected chi connectivity index (χ3v) is 6.01. The fourth-order valence-electron chi connectivity index (χ4n) is 3.87. The number of aryl methyl sites for hydroxylation is 2. The highest BCUT2D eigenvalue weighted by Crippen LogP contribution is 2.26. The monoisotopic (exact) mass is 484 g/mol. The Balaban J connectivity index is 1.89. The maximum Gasteiger partial charge on any atom is 0.286 e. The van der Waals surface area contributed by atoms with E-state index in [1.54, 1.807) is 4.57 Å². The molecule has 0 radical (unpaired) electrons. The number of imidazole rings is 1. The van der Waals surface area contributed by atoms with Crippen LogP contribution in [0.25, 0.3) is 33.9 Å². The molecule has 3 aromatic carbocycles. The average molecular weight is 485 g/mol. The van der Waals surface area contributed by atoms with Crippen LogP contribution in [-0.2, 0) is 6.42 Å². The summed E-state index contributed by atoms with van der Waals surface area (Å²) in [5.41, 5.74) is 4.46. The van der Waals surface area contributed by atoms with Crippen molar-refractivity contribution in [2.75, 3.05) is 0 Å². The molecule has 0 saturated carbocycles. The van der Waals surface area contributed by atoms with Crippen molar-refractivity contribution in [3.05, 3.63) is 105 Å². The molecule has 32 heavy (non-hydrogen) atoms. The zero-order valence-corrected chi connectivity index (χ0v) is 19.4. The Labute approximate surface area is 194 Å². The molecule has 158 valence electrons. The van der Waals surface area contributed by atoms with E-state index in [1.165, 1.54) is 0 Å². The number of rotatable bonds is 4. The third kappa shape index (κ3) is 3.46. The highest BCUT2D eigenvalue weighted by atomic mass is 79.9. The maximum atomic E-state index is 13.8. The second-order valence-corrected chi connectivity index (χ2v) is 8.56. The first-order chi connectivity index (χ1) is 15.6. The lowest BCUT2D eigenvalue weighted by Gasteiger charge is -2.14. The molecule has 0 atom stereocenters. The Morgan fingerprint density at radius 3 is 2.12 bits per heavy atom. The zero-order valence-electron chi connectivity index (χ0n) is 17.8. The van der Waals surface area contributed by atoms with Crippen LogP contribution in [0.2, 0.25) is 0 Å². The van der Waals surface area contributed by atoms with Crippen LogP contribution in [0.1, 0.15) is 18.3 Å². The fourth-order valence-corrected chi connectivity index (χ4v) is 4.13. The van der Waals surface area contributed by atoms with Gasteiger partial charge in [0.05, 0.1) is 5.69 Å². The average Bonchev–Trinajstić information content (AvgIpc) is 3.20. The van der Waals surface area contributed by atoms with Crippen molar-refractivity contribution in [3.8, 4) is 22.8 Å². The minimum atomic E-state index is -0.183. The van der Waals surface area contributed by atoms with Gasteiger partial charge in [0.25, 0.3) is 5.56 Å². The van der Waals surface area contributed by atoms with E-state index in [9.17, 15) is 4.79 Å². The van der Waals surface area contributed by atoms with Gasteiger partial charge in [-0.1, -0.05) is 70.9 Å². The van der Waals surface area contributed by atoms with E-state index in [0.29, 0.717) is 23.4 Å². The largest absolute Gasteiger partial charge is 0.286 e. The van der Waals surface area contributed by atoms with Gasteiger partial charge < -0.3 is 0 Å². The van der Waals surface area contributed by atoms with E-state index < -0.39 is 0 Å². The van der Waals surface area contributed by atoms with Gasteiger partial charge in [-0.15, -0.1) is 0 Å². The van der Waals surface area contributed by atoms with Crippen LogP contribution >= 0.6 is 15.9 Å². The molecule has 0 aliphatic carbocycles. The normalized spacial score (nSPS) is 11.2. The molecule has 0 N–H and O–H groups in total. The van der Waals surface area contributed by atoms with E-state index in [0.717, 1.165) is 32.8 Å². The summed E-state index contributed by atoms with van der Waals surface area (Å²) in [6.07, 6.45) is 0.683. The highest BCUT2D eigenvalue weighted by molar-refractivity contribution is 9.10. The molecule has 0 aliphatic rings. The van der Waals surface area contributed by atoms with Crippen molar-refractivity contribution in [2.24, 2.45) is 0 Å². The molecule has 0 fully saturated rings.